The quantitative estimate of drug-likeness (QED) is 0.622. The minimum atomic E-state index is -3.87. The fraction of sp³-hybridized carbons (Fsp3) is 0.450. The summed E-state index contributed by atoms with van der Waals surface area (Å²) in [4.78, 5) is 24.8. The van der Waals surface area contributed by atoms with Gasteiger partial charge in [-0.05, 0) is 37.1 Å². The maximum atomic E-state index is 13.6. The fourth-order valence-electron chi connectivity index (χ4n) is 4.15. The van der Waals surface area contributed by atoms with E-state index in [9.17, 15) is 18.0 Å². The Morgan fingerprint density at radius 3 is 2.47 bits per heavy atom. The molecule has 2 aromatic heterocycles. The van der Waals surface area contributed by atoms with Crippen LogP contribution in [-0.2, 0) is 31.2 Å². The highest BCUT2D eigenvalue weighted by atomic mass is 32.2. The highest BCUT2D eigenvalue weighted by Gasteiger charge is 2.35. The van der Waals surface area contributed by atoms with Gasteiger partial charge in [0.05, 0.1) is 27.5 Å². The molecule has 0 bridgehead atoms. The van der Waals surface area contributed by atoms with Crippen molar-refractivity contribution in [1.29, 1.82) is 0 Å². The Bertz CT molecular complexity index is 1340. The van der Waals surface area contributed by atoms with E-state index in [1.807, 2.05) is 19.3 Å². The highest BCUT2D eigenvalue weighted by Crippen LogP contribution is 2.34. The van der Waals surface area contributed by atoms with E-state index in [2.05, 4.69) is 5.10 Å². The summed E-state index contributed by atoms with van der Waals surface area (Å²) in [5.74, 6) is 0. The minimum absolute atomic E-state index is 0.0496. The van der Waals surface area contributed by atoms with Crippen LogP contribution >= 0.6 is 0 Å². The van der Waals surface area contributed by atoms with Gasteiger partial charge in [-0.2, -0.15) is 9.40 Å². The molecule has 160 valence electrons. The number of sulfonamides is 1. The summed E-state index contributed by atoms with van der Waals surface area (Å²) in [7, 11) is 0.885. The van der Waals surface area contributed by atoms with E-state index in [0.29, 0.717) is 18.5 Å². The Morgan fingerprint density at radius 2 is 1.77 bits per heavy atom. The zero-order valence-corrected chi connectivity index (χ0v) is 18.1. The lowest BCUT2D eigenvalue weighted by molar-refractivity contribution is 0.321. The predicted octanol–water partition coefficient (Wildman–Crippen LogP) is 1.28. The van der Waals surface area contributed by atoms with Gasteiger partial charge in [0, 0.05) is 33.9 Å². The second-order valence-corrected chi connectivity index (χ2v) is 9.67. The van der Waals surface area contributed by atoms with Crippen LogP contribution in [-0.4, -0.2) is 38.2 Å². The van der Waals surface area contributed by atoms with Crippen LogP contribution in [0.3, 0.4) is 0 Å². The molecule has 1 fully saturated rings. The zero-order valence-electron chi connectivity index (χ0n) is 17.3. The van der Waals surface area contributed by atoms with Gasteiger partial charge in [0.25, 0.3) is 5.56 Å². The number of hydrogen-bond acceptors (Lipinski definition) is 5. The molecule has 9 nitrogen and oxygen atoms in total. The van der Waals surface area contributed by atoms with Crippen LogP contribution in [0.25, 0.3) is 10.9 Å². The summed E-state index contributed by atoms with van der Waals surface area (Å²) < 4.78 is 32.8. The Labute approximate surface area is 174 Å². The SMILES string of the molecule is Cn1ccc([C@H]2CCCCCN2S(=O)(=O)c2ccc3c(c2)c(=O)n(C)c(=O)n3C)n1. The van der Waals surface area contributed by atoms with Gasteiger partial charge in [0.1, 0.15) is 0 Å². The first-order valence-electron chi connectivity index (χ1n) is 9.93. The van der Waals surface area contributed by atoms with Crippen molar-refractivity contribution in [3.63, 3.8) is 0 Å². The van der Waals surface area contributed by atoms with Crippen molar-refractivity contribution in [2.75, 3.05) is 6.54 Å². The molecule has 0 saturated carbocycles. The maximum absolute atomic E-state index is 13.6. The summed E-state index contributed by atoms with van der Waals surface area (Å²) in [5.41, 5.74) is 0.161. The molecule has 30 heavy (non-hydrogen) atoms. The van der Waals surface area contributed by atoms with Crippen molar-refractivity contribution in [3.8, 4) is 0 Å². The molecule has 0 aliphatic carbocycles. The molecule has 1 saturated heterocycles. The Kier molecular flexibility index (Phi) is 5.15. The first-order chi connectivity index (χ1) is 14.2. The third-order valence-electron chi connectivity index (χ3n) is 5.82. The van der Waals surface area contributed by atoms with Crippen molar-refractivity contribution in [2.24, 2.45) is 21.1 Å². The normalized spacial score (nSPS) is 18.6. The van der Waals surface area contributed by atoms with Crippen LogP contribution in [0.15, 0.2) is 44.9 Å². The van der Waals surface area contributed by atoms with Gasteiger partial charge >= 0.3 is 5.69 Å². The molecule has 0 N–H and O–H groups in total. The van der Waals surface area contributed by atoms with Gasteiger partial charge in [-0.1, -0.05) is 12.8 Å². The maximum Gasteiger partial charge on any atom is 0.330 e. The number of fused-ring (bicyclic) bond motifs is 1. The molecule has 1 aliphatic rings. The average molecular weight is 432 g/mol. The summed E-state index contributed by atoms with van der Waals surface area (Å²) in [6, 6.07) is 5.88. The van der Waals surface area contributed by atoms with Crippen LogP contribution < -0.4 is 11.2 Å². The third kappa shape index (κ3) is 3.29. The summed E-state index contributed by atoms with van der Waals surface area (Å²) in [6.07, 6.45) is 5.15. The molecule has 1 aliphatic heterocycles. The lowest BCUT2D eigenvalue weighted by atomic mass is 10.1. The van der Waals surface area contributed by atoms with Gasteiger partial charge in [-0.3, -0.25) is 18.6 Å². The standard InChI is InChI=1S/C20H25N5O4S/c1-22-12-10-16(21-22)18-7-5-4-6-11-25(18)30(28,29)14-8-9-17-15(13-14)19(26)24(3)20(27)23(17)2/h8-10,12-13,18H,4-7,11H2,1-3H3/t18-/m1/s1. The van der Waals surface area contributed by atoms with Gasteiger partial charge < -0.3 is 0 Å². The van der Waals surface area contributed by atoms with Crippen LogP contribution in [0.1, 0.15) is 37.4 Å². The van der Waals surface area contributed by atoms with E-state index in [1.165, 1.54) is 34.1 Å². The van der Waals surface area contributed by atoms with Crippen LogP contribution in [0, 0.1) is 0 Å². The lowest BCUT2D eigenvalue weighted by Crippen LogP contribution is -2.37. The number of benzene rings is 1. The molecule has 1 atom stereocenters. The zero-order chi connectivity index (χ0) is 21.6. The minimum Gasteiger partial charge on any atom is -0.296 e. The summed E-state index contributed by atoms with van der Waals surface area (Å²) >= 11 is 0. The largest absolute Gasteiger partial charge is 0.330 e. The van der Waals surface area contributed by atoms with E-state index in [4.69, 9.17) is 0 Å². The van der Waals surface area contributed by atoms with Crippen molar-refractivity contribution in [2.45, 2.75) is 36.6 Å². The van der Waals surface area contributed by atoms with Crippen LogP contribution in [0.4, 0.5) is 0 Å². The molecule has 4 rings (SSSR count). The highest BCUT2D eigenvalue weighted by molar-refractivity contribution is 7.89. The molecule has 3 heterocycles. The topological polar surface area (TPSA) is 99.2 Å². The molecule has 0 unspecified atom stereocenters. The van der Waals surface area contributed by atoms with Crippen LogP contribution in [0.2, 0.25) is 0 Å². The van der Waals surface area contributed by atoms with Crippen molar-refractivity contribution in [1.82, 2.24) is 23.2 Å². The van der Waals surface area contributed by atoms with Gasteiger partial charge in [-0.15, -0.1) is 0 Å². The average Bonchev–Trinajstić information content (AvgIpc) is 3.00. The lowest BCUT2D eigenvalue weighted by Gasteiger charge is -2.28. The van der Waals surface area contributed by atoms with Crippen LogP contribution in [0.5, 0.6) is 0 Å². The van der Waals surface area contributed by atoms with Crippen molar-refractivity contribution >= 4 is 20.9 Å². The summed E-state index contributed by atoms with van der Waals surface area (Å²) in [5, 5.41) is 4.65. The van der Waals surface area contributed by atoms with E-state index >= 15 is 0 Å². The van der Waals surface area contributed by atoms with E-state index < -0.39 is 21.3 Å². The number of aromatic nitrogens is 4. The summed E-state index contributed by atoms with van der Waals surface area (Å²) in [6.45, 7) is 0.396. The van der Waals surface area contributed by atoms with Gasteiger partial charge in [-0.25, -0.2) is 13.2 Å². The Balaban J connectivity index is 1.86. The molecule has 10 heteroatoms. The van der Waals surface area contributed by atoms with Crippen molar-refractivity contribution < 1.29 is 8.42 Å². The van der Waals surface area contributed by atoms with Crippen molar-refractivity contribution in [3.05, 3.63) is 57.0 Å². The molecular formula is C20H25N5O4S. The number of rotatable bonds is 3. The smallest absolute Gasteiger partial charge is 0.296 e. The molecule has 0 amide bonds. The molecule has 1 aromatic carbocycles. The second kappa shape index (κ2) is 7.51. The Morgan fingerprint density at radius 1 is 1.00 bits per heavy atom. The Hall–Kier alpha value is -2.72. The first-order valence-corrected chi connectivity index (χ1v) is 11.4. The number of aryl methyl sites for hydroxylation is 2. The monoisotopic (exact) mass is 431 g/mol. The molecular weight excluding hydrogens is 406 g/mol. The molecule has 0 spiro atoms. The molecule has 3 aromatic rings. The second-order valence-electron chi connectivity index (χ2n) is 7.78. The van der Waals surface area contributed by atoms with Gasteiger partial charge in [0.15, 0.2) is 0 Å². The number of nitrogens with zero attached hydrogens (tertiary/aromatic N) is 5. The fourth-order valence-corrected chi connectivity index (χ4v) is 5.84. The van der Waals surface area contributed by atoms with Gasteiger partial charge in [0.2, 0.25) is 10.0 Å². The predicted molar refractivity (Wildman–Crippen MR) is 113 cm³/mol. The molecule has 0 radical (unpaired) electrons. The third-order valence-corrected chi connectivity index (χ3v) is 7.73. The number of hydrogen-bond donors (Lipinski definition) is 0. The van der Waals surface area contributed by atoms with E-state index in [1.54, 1.807) is 11.7 Å². The first kappa shape index (κ1) is 20.5. The van der Waals surface area contributed by atoms with E-state index in [0.717, 1.165) is 29.5 Å². The van der Waals surface area contributed by atoms with E-state index in [-0.39, 0.29) is 16.3 Å².